The minimum atomic E-state index is -4.58. The van der Waals surface area contributed by atoms with Gasteiger partial charge in [-0.2, -0.15) is 13.2 Å². The first-order chi connectivity index (χ1) is 12.3. The van der Waals surface area contributed by atoms with Crippen molar-refractivity contribution in [2.24, 2.45) is 0 Å². The highest BCUT2D eigenvalue weighted by atomic mass is 32.1. The van der Waals surface area contributed by atoms with E-state index >= 15 is 0 Å². The third kappa shape index (κ3) is 3.03. The fourth-order valence-electron chi connectivity index (χ4n) is 3.74. The molecule has 0 spiro atoms. The van der Waals surface area contributed by atoms with Gasteiger partial charge in [0.05, 0.1) is 9.75 Å². The van der Waals surface area contributed by atoms with Crippen LogP contribution in [0.4, 0.5) is 13.2 Å². The Hall–Kier alpha value is -1.87. The number of hydrogen-bond acceptors (Lipinski definition) is 5. The van der Waals surface area contributed by atoms with Gasteiger partial charge in [0.2, 0.25) is 5.76 Å². The number of aromatic nitrogens is 1. The van der Waals surface area contributed by atoms with Crippen LogP contribution in [0.3, 0.4) is 0 Å². The standard InChI is InChI=1S/C17H18F3N3O2S/c1-10-14(21-25-15(10)17(18,19)20)12-4-5-13(26-12)16(24)23-8-7-22-6-2-3-11(22)9-23/h4-5,11H,2-3,6-9H2,1H3/t11-/m0/s1. The molecule has 0 aromatic carbocycles. The summed E-state index contributed by atoms with van der Waals surface area (Å²) in [6.45, 7) is 4.71. The van der Waals surface area contributed by atoms with Crippen molar-refractivity contribution in [2.45, 2.75) is 32.0 Å². The monoisotopic (exact) mass is 385 g/mol. The van der Waals surface area contributed by atoms with E-state index in [1.54, 1.807) is 12.1 Å². The number of thiophene rings is 1. The molecule has 0 radical (unpaired) electrons. The van der Waals surface area contributed by atoms with Gasteiger partial charge in [-0.25, -0.2) is 0 Å². The Morgan fingerprint density at radius 2 is 2.12 bits per heavy atom. The molecule has 1 atom stereocenters. The molecule has 0 unspecified atom stereocenters. The van der Waals surface area contributed by atoms with Gasteiger partial charge >= 0.3 is 6.18 Å². The minimum absolute atomic E-state index is 0.0575. The highest BCUT2D eigenvalue weighted by Crippen LogP contribution is 2.38. The molecule has 9 heteroatoms. The van der Waals surface area contributed by atoms with Crippen molar-refractivity contribution in [1.29, 1.82) is 0 Å². The highest BCUT2D eigenvalue weighted by molar-refractivity contribution is 7.17. The van der Waals surface area contributed by atoms with Gasteiger partial charge in [0, 0.05) is 31.2 Å². The summed E-state index contributed by atoms with van der Waals surface area (Å²) in [5, 5.41) is 3.56. The molecule has 0 saturated carbocycles. The number of fused-ring (bicyclic) bond motifs is 1. The predicted octanol–water partition coefficient (Wildman–Crippen LogP) is 3.65. The largest absolute Gasteiger partial charge is 0.452 e. The Balaban J connectivity index is 1.53. The smallest absolute Gasteiger partial charge is 0.351 e. The van der Waals surface area contributed by atoms with Crippen molar-refractivity contribution in [2.75, 3.05) is 26.2 Å². The number of carbonyl (C=O) groups is 1. The molecule has 2 saturated heterocycles. The summed E-state index contributed by atoms with van der Waals surface area (Å²) in [6, 6.07) is 3.72. The summed E-state index contributed by atoms with van der Waals surface area (Å²) in [6.07, 6.45) is -2.30. The molecule has 4 rings (SSSR count). The summed E-state index contributed by atoms with van der Waals surface area (Å²) in [7, 11) is 0. The van der Waals surface area contributed by atoms with Gasteiger partial charge in [-0.15, -0.1) is 11.3 Å². The maximum absolute atomic E-state index is 12.9. The van der Waals surface area contributed by atoms with Gasteiger partial charge in [-0.1, -0.05) is 5.16 Å². The second-order valence-electron chi connectivity index (χ2n) is 6.73. The quantitative estimate of drug-likeness (QED) is 0.792. The first-order valence-electron chi connectivity index (χ1n) is 8.51. The Morgan fingerprint density at radius 3 is 2.85 bits per heavy atom. The summed E-state index contributed by atoms with van der Waals surface area (Å²) in [5.41, 5.74) is 0.0832. The fourth-order valence-corrected chi connectivity index (χ4v) is 4.75. The number of carbonyl (C=O) groups excluding carboxylic acids is 1. The lowest BCUT2D eigenvalue weighted by Crippen LogP contribution is -2.51. The number of hydrogen-bond donors (Lipinski definition) is 0. The van der Waals surface area contributed by atoms with E-state index in [0.717, 1.165) is 30.8 Å². The number of halogens is 3. The van der Waals surface area contributed by atoms with E-state index in [1.807, 2.05) is 4.90 Å². The molecule has 0 aliphatic carbocycles. The molecule has 2 aliphatic rings. The third-order valence-corrected chi connectivity index (χ3v) is 6.19. The SMILES string of the molecule is Cc1c(-c2ccc(C(=O)N3CCN4CCC[C@H]4C3)s2)noc1C(F)(F)F. The van der Waals surface area contributed by atoms with E-state index in [1.165, 1.54) is 13.3 Å². The Morgan fingerprint density at radius 1 is 1.31 bits per heavy atom. The maximum Gasteiger partial charge on any atom is 0.452 e. The molecule has 2 aromatic heterocycles. The lowest BCUT2D eigenvalue weighted by atomic mass is 10.1. The number of rotatable bonds is 2. The molecule has 5 nitrogen and oxygen atoms in total. The zero-order chi connectivity index (χ0) is 18.5. The van der Waals surface area contributed by atoms with Crippen molar-refractivity contribution in [3.05, 3.63) is 28.3 Å². The van der Waals surface area contributed by atoms with Crippen LogP contribution in [0.15, 0.2) is 16.7 Å². The van der Waals surface area contributed by atoms with E-state index in [9.17, 15) is 18.0 Å². The van der Waals surface area contributed by atoms with Crippen LogP contribution < -0.4 is 0 Å². The number of nitrogens with zero attached hydrogens (tertiary/aromatic N) is 3. The van der Waals surface area contributed by atoms with E-state index in [4.69, 9.17) is 0 Å². The summed E-state index contributed by atoms with van der Waals surface area (Å²) in [4.78, 5) is 18.1. The second kappa shape index (κ2) is 6.38. The molecule has 26 heavy (non-hydrogen) atoms. The second-order valence-corrected chi connectivity index (χ2v) is 7.81. The Bertz CT molecular complexity index is 830. The van der Waals surface area contributed by atoms with E-state index in [-0.39, 0.29) is 17.2 Å². The Kier molecular flexibility index (Phi) is 4.31. The highest BCUT2D eigenvalue weighted by Gasteiger charge is 2.39. The fraction of sp³-hybridized carbons (Fsp3) is 0.529. The van der Waals surface area contributed by atoms with Crippen LogP contribution in [-0.2, 0) is 6.18 Å². The average Bonchev–Trinajstić information content (AvgIpc) is 3.31. The van der Waals surface area contributed by atoms with Crippen molar-refractivity contribution in [3.63, 3.8) is 0 Å². The normalized spacial score (nSPS) is 21.2. The van der Waals surface area contributed by atoms with Crippen LogP contribution in [-0.4, -0.2) is 53.1 Å². The van der Waals surface area contributed by atoms with Crippen LogP contribution in [0.25, 0.3) is 10.6 Å². The van der Waals surface area contributed by atoms with Gasteiger partial charge in [0.15, 0.2) is 0 Å². The molecule has 0 N–H and O–H groups in total. The molecule has 4 heterocycles. The van der Waals surface area contributed by atoms with Crippen molar-refractivity contribution in [1.82, 2.24) is 15.0 Å². The zero-order valence-corrected chi connectivity index (χ0v) is 15.0. The maximum atomic E-state index is 12.9. The van der Waals surface area contributed by atoms with Gasteiger partial charge in [0.25, 0.3) is 5.91 Å². The molecule has 0 bridgehead atoms. The van der Waals surface area contributed by atoms with Crippen molar-refractivity contribution in [3.8, 4) is 10.6 Å². The van der Waals surface area contributed by atoms with E-state index in [2.05, 4.69) is 14.6 Å². The first kappa shape index (κ1) is 17.5. The number of alkyl halides is 3. The lowest BCUT2D eigenvalue weighted by Gasteiger charge is -2.37. The summed E-state index contributed by atoms with van der Waals surface area (Å²) in [5.74, 6) is -1.16. The van der Waals surface area contributed by atoms with Gasteiger partial charge in [-0.3, -0.25) is 9.69 Å². The number of amides is 1. The van der Waals surface area contributed by atoms with Crippen LogP contribution >= 0.6 is 11.3 Å². The topological polar surface area (TPSA) is 49.6 Å². The first-order valence-corrected chi connectivity index (χ1v) is 9.33. The Labute approximate surface area is 152 Å². The van der Waals surface area contributed by atoms with E-state index in [0.29, 0.717) is 28.9 Å². The lowest BCUT2D eigenvalue weighted by molar-refractivity contribution is -0.156. The molecule has 140 valence electrons. The van der Waals surface area contributed by atoms with Crippen LogP contribution in [0.2, 0.25) is 0 Å². The minimum Gasteiger partial charge on any atom is -0.351 e. The molecule has 1 amide bonds. The van der Waals surface area contributed by atoms with Crippen LogP contribution in [0, 0.1) is 6.92 Å². The zero-order valence-electron chi connectivity index (χ0n) is 14.2. The average molecular weight is 385 g/mol. The molecule has 2 aromatic rings. The van der Waals surface area contributed by atoms with Crippen molar-refractivity contribution >= 4 is 17.2 Å². The van der Waals surface area contributed by atoms with Gasteiger partial charge < -0.3 is 9.42 Å². The van der Waals surface area contributed by atoms with Crippen molar-refractivity contribution < 1.29 is 22.5 Å². The molecule has 2 aliphatic heterocycles. The number of piperazine rings is 1. The predicted molar refractivity (Wildman–Crippen MR) is 90.1 cm³/mol. The summed E-state index contributed by atoms with van der Waals surface area (Å²) < 4.78 is 43.1. The molecule has 2 fully saturated rings. The van der Waals surface area contributed by atoms with Gasteiger partial charge in [-0.05, 0) is 38.4 Å². The van der Waals surface area contributed by atoms with Crippen LogP contribution in [0.5, 0.6) is 0 Å². The molecular weight excluding hydrogens is 367 g/mol. The van der Waals surface area contributed by atoms with Crippen LogP contribution in [0.1, 0.15) is 33.8 Å². The van der Waals surface area contributed by atoms with Gasteiger partial charge in [0.1, 0.15) is 5.69 Å². The molecular formula is C17H18F3N3O2S. The van der Waals surface area contributed by atoms with E-state index < -0.39 is 11.9 Å². The summed E-state index contributed by atoms with van der Waals surface area (Å²) >= 11 is 1.16. The third-order valence-electron chi connectivity index (χ3n) is 5.11.